The first kappa shape index (κ1) is 13.4. The zero-order valence-electron chi connectivity index (χ0n) is 10.9. The second kappa shape index (κ2) is 5.76. The number of rotatable bonds is 4. The number of para-hydroxylation sites is 1. The van der Waals surface area contributed by atoms with Crippen molar-refractivity contribution in [1.82, 2.24) is 0 Å². The first-order chi connectivity index (χ1) is 8.59. The van der Waals surface area contributed by atoms with Crippen LogP contribution in [0.25, 0.3) is 0 Å². The van der Waals surface area contributed by atoms with Gasteiger partial charge in [0.25, 0.3) is 0 Å². The molecule has 2 rings (SSSR count). The van der Waals surface area contributed by atoms with Crippen LogP contribution in [0.2, 0.25) is 0 Å². The quantitative estimate of drug-likeness (QED) is 0.905. The molecule has 1 aromatic carbocycles. The highest BCUT2D eigenvalue weighted by molar-refractivity contribution is 8.00. The average molecular weight is 264 g/mol. The molecule has 1 aromatic rings. The van der Waals surface area contributed by atoms with Crippen molar-refractivity contribution in [1.29, 1.82) is 0 Å². The van der Waals surface area contributed by atoms with Gasteiger partial charge in [-0.15, -0.1) is 0 Å². The number of carbonyl (C=O) groups is 1. The van der Waals surface area contributed by atoms with Gasteiger partial charge in [0.15, 0.2) is 0 Å². The molecule has 1 aliphatic rings. The smallest absolute Gasteiger partial charge is 0.237 e. The van der Waals surface area contributed by atoms with Crippen molar-refractivity contribution in [2.75, 3.05) is 16.4 Å². The van der Waals surface area contributed by atoms with Gasteiger partial charge in [0.05, 0.1) is 5.75 Å². The van der Waals surface area contributed by atoms with Gasteiger partial charge in [-0.25, -0.2) is 0 Å². The van der Waals surface area contributed by atoms with Crippen LogP contribution in [0.3, 0.4) is 0 Å². The molecule has 0 bridgehead atoms. The number of thioether (sulfide) groups is 1. The lowest BCUT2D eigenvalue weighted by atomic mass is 10.1. The van der Waals surface area contributed by atoms with Gasteiger partial charge in [-0.05, 0) is 31.9 Å². The van der Waals surface area contributed by atoms with Crippen LogP contribution in [-0.2, 0) is 11.2 Å². The molecule has 2 N–H and O–H groups in total. The topological polar surface area (TPSA) is 46.3 Å². The Labute approximate surface area is 113 Å². The number of nitrogens with zero attached hydrogens (tertiary/aromatic N) is 1. The summed E-state index contributed by atoms with van der Waals surface area (Å²) in [6.45, 7) is 4.07. The van der Waals surface area contributed by atoms with Gasteiger partial charge >= 0.3 is 0 Å². The largest absolute Gasteiger partial charge is 0.327 e. The standard InChI is InChI=1S/C14H20N2OS/c1-10(15)8-18-9-14(17)16-11(2)7-12-5-3-4-6-13(12)16/h3-6,10-11H,7-9,15H2,1-2H3. The summed E-state index contributed by atoms with van der Waals surface area (Å²) >= 11 is 1.62. The summed E-state index contributed by atoms with van der Waals surface area (Å²) in [5.74, 6) is 1.54. The highest BCUT2D eigenvalue weighted by Crippen LogP contribution is 2.32. The van der Waals surface area contributed by atoms with Gasteiger partial charge in [-0.1, -0.05) is 18.2 Å². The monoisotopic (exact) mass is 264 g/mol. The van der Waals surface area contributed by atoms with Crippen molar-refractivity contribution >= 4 is 23.4 Å². The van der Waals surface area contributed by atoms with E-state index in [0.29, 0.717) is 5.75 Å². The molecule has 1 heterocycles. The third-order valence-corrected chi connectivity index (χ3v) is 4.29. The average Bonchev–Trinajstić information content (AvgIpc) is 2.64. The number of amides is 1. The van der Waals surface area contributed by atoms with Crippen LogP contribution in [0.5, 0.6) is 0 Å². The molecule has 3 nitrogen and oxygen atoms in total. The van der Waals surface area contributed by atoms with E-state index in [-0.39, 0.29) is 18.0 Å². The number of hydrogen-bond donors (Lipinski definition) is 1. The van der Waals surface area contributed by atoms with Crippen LogP contribution in [0.1, 0.15) is 19.4 Å². The molecule has 0 saturated carbocycles. The van der Waals surface area contributed by atoms with Crippen LogP contribution >= 0.6 is 11.8 Å². The molecule has 1 amide bonds. The Morgan fingerprint density at radius 2 is 2.28 bits per heavy atom. The molecule has 0 fully saturated rings. The first-order valence-electron chi connectivity index (χ1n) is 6.33. The van der Waals surface area contributed by atoms with Crippen molar-refractivity contribution in [3.8, 4) is 0 Å². The van der Waals surface area contributed by atoms with Gasteiger partial charge < -0.3 is 10.6 Å². The molecule has 0 aromatic heterocycles. The highest BCUT2D eigenvalue weighted by Gasteiger charge is 2.29. The van der Waals surface area contributed by atoms with Crippen LogP contribution < -0.4 is 10.6 Å². The number of fused-ring (bicyclic) bond motifs is 1. The Morgan fingerprint density at radius 3 is 3.00 bits per heavy atom. The third-order valence-electron chi connectivity index (χ3n) is 3.08. The Bertz CT molecular complexity index is 434. The van der Waals surface area contributed by atoms with E-state index < -0.39 is 0 Å². The van der Waals surface area contributed by atoms with E-state index in [0.717, 1.165) is 17.9 Å². The number of benzene rings is 1. The minimum atomic E-state index is 0.145. The Hall–Kier alpha value is -1.00. The Morgan fingerprint density at radius 1 is 1.56 bits per heavy atom. The maximum Gasteiger partial charge on any atom is 0.237 e. The number of hydrogen-bond acceptors (Lipinski definition) is 3. The van der Waals surface area contributed by atoms with E-state index in [4.69, 9.17) is 5.73 Å². The summed E-state index contributed by atoms with van der Waals surface area (Å²) in [5, 5.41) is 0. The van der Waals surface area contributed by atoms with Crippen molar-refractivity contribution < 1.29 is 4.79 Å². The first-order valence-corrected chi connectivity index (χ1v) is 7.48. The minimum absolute atomic E-state index is 0.145. The van der Waals surface area contributed by atoms with E-state index in [2.05, 4.69) is 13.0 Å². The maximum atomic E-state index is 12.3. The summed E-state index contributed by atoms with van der Waals surface area (Å²) in [4.78, 5) is 14.2. The normalized spacial score (nSPS) is 19.7. The van der Waals surface area contributed by atoms with Crippen LogP contribution in [-0.4, -0.2) is 29.5 Å². The molecule has 0 saturated heterocycles. The zero-order chi connectivity index (χ0) is 13.1. The molecule has 0 aliphatic carbocycles. The summed E-state index contributed by atoms with van der Waals surface area (Å²) in [5.41, 5.74) is 8.04. The summed E-state index contributed by atoms with van der Waals surface area (Å²) in [6.07, 6.45) is 0.958. The molecule has 4 heteroatoms. The predicted molar refractivity (Wildman–Crippen MR) is 78.1 cm³/mol. The molecule has 2 unspecified atom stereocenters. The maximum absolute atomic E-state index is 12.3. The van der Waals surface area contributed by atoms with E-state index >= 15 is 0 Å². The second-order valence-corrected chi connectivity index (χ2v) is 5.97. The predicted octanol–water partition coefficient (Wildman–Crippen LogP) is 2.04. The van der Waals surface area contributed by atoms with Crippen LogP contribution in [0.15, 0.2) is 24.3 Å². The van der Waals surface area contributed by atoms with Crippen LogP contribution in [0.4, 0.5) is 5.69 Å². The zero-order valence-corrected chi connectivity index (χ0v) is 11.7. The lowest BCUT2D eigenvalue weighted by Crippen LogP contribution is -2.37. The number of anilines is 1. The summed E-state index contributed by atoms with van der Waals surface area (Å²) < 4.78 is 0. The van der Waals surface area contributed by atoms with E-state index in [1.807, 2.05) is 30.0 Å². The van der Waals surface area contributed by atoms with Gasteiger partial charge in [-0.2, -0.15) is 11.8 Å². The highest BCUT2D eigenvalue weighted by atomic mass is 32.2. The van der Waals surface area contributed by atoms with Crippen molar-refractivity contribution in [2.24, 2.45) is 5.73 Å². The van der Waals surface area contributed by atoms with Crippen molar-refractivity contribution in [3.63, 3.8) is 0 Å². The summed E-state index contributed by atoms with van der Waals surface area (Å²) in [6, 6.07) is 8.58. The Balaban J connectivity index is 2.02. The van der Waals surface area contributed by atoms with Gasteiger partial charge in [0, 0.05) is 23.5 Å². The van der Waals surface area contributed by atoms with Crippen molar-refractivity contribution in [2.45, 2.75) is 32.4 Å². The fraction of sp³-hybridized carbons (Fsp3) is 0.500. The van der Waals surface area contributed by atoms with Crippen LogP contribution in [0, 0.1) is 0 Å². The molecule has 0 radical (unpaired) electrons. The van der Waals surface area contributed by atoms with E-state index in [9.17, 15) is 4.79 Å². The number of nitrogens with two attached hydrogens (primary N) is 1. The molecule has 98 valence electrons. The van der Waals surface area contributed by atoms with E-state index in [1.54, 1.807) is 11.8 Å². The molecular formula is C14H20N2OS. The Kier molecular flexibility index (Phi) is 4.30. The SMILES string of the molecule is CC(N)CSCC(=O)N1c2ccccc2CC1C. The van der Waals surface area contributed by atoms with Gasteiger partial charge in [0.2, 0.25) is 5.91 Å². The molecule has 0 spiro atoms. The molecule has 2 atom stereocenters. The fourth-order valence-electron chi connectivity index (χ4n) is 2.35. The van der Waals surface area contributed by atoms with E-state index in [1.165, 1.54) is 5.56 Å². The van der Waals surface area contributed by atoms with Gasteiger partial charge in [0.1, 0.15) is 0 Å². The molecule has 18 heavy (non-hydrogen) atoms. The third kappa shape index (κ3) is 2.87. The fourth-order valence-corrected chi connectivity index (χ4v) is 3.15. The second-order valence-electron chi connectivity index (χ2n) is 4.94. The number of carbonyl (C=O) groups excluding carboxylic acids is 1. The minimum Gasteiger partial charge on any atom is -0.327 e. The lowest BCUT2D eigenvalue weighted by Gasteiger charge is -2.22. The molecule has 1 aliphatic heterocycles. The van der Waals surface area contributed by atoms with Gasteiger partial charge in [-0.3, -0.25) is 4.79 Å². The summed E-state index contributed by atoms with van der Waals surface area (Å²) in [7, 11) is 0. The lowest BCUT2D eigenvalue weighted by molar-refractivity contribution is -0.116. The molecular weight excluding hydrogens is 244 g/mol. The van der Waals surface area contributed by atoms with Crippen molar-refractivity contribution in [3.05, 3.63) is 29.8 Å².